The summed E-state index contributed by atoms with van der Waals surface area (Å²) in [4.78, 5) is 17.7. The van der Waals surface area contributed by atoms with Crippen LogP contribution in [-0.2, 0) is 6.61 Å². The SMILES string of the molecule is COc1cc(-n2cc(COc3cccc(-n4c(C)nc5ccccc5c4=O)c3)nn2)cc(OC)c1OC. The lowest BCUT2D eigenvalue weighted by Crippen LogP contribution is -2.22. The summed E-state index contributed by atoms with van der Waals surface area (Å²) in [7, 11) is 4.66. The fourth-order valence-corrected chi connectivity index (χ4v) is 4.11. The third-order valence-electron chi connectivity index (χ3n) is 5.86. The first-order valence-electron chi connectivity index (χ1n) is 11.5. The van der Waals surface area contributed by atoms with E-state index in [0.717, 1.165) is 0 Å². The number of para-hydroxylation sites is 1. The van der Waals surface area contributed by atoms with Gasteiger partial charge in [-0.25, -0.2) is 9.67 Å². The van der Waals surface area contributed by atoms with Crippen molar-refractivity contribution in [3.8, 4) is 34.4 Å². The fourth-order valence-electron chi connectivity index (χ4n) is 4.11. The summed E-state index contributed by atoms with van der Waals surface area (Å²) in [6.45, 7) is 1.99. The highest BCUT2D eigenvalue weighted by Crippen LogP contribution is 2.39. The van der Waals surface area contributed by atoms with E-state index < -0.39 is 0 Å². The quantitative estimate of drug-likeness (QED) is 0.317. The van der Waals surface area contributed by atoms with E-state index in [9.17, 15) is 4.79 Å². The Kier molecular flexibility index (Phi) is 6.46. The van der Waals surface area contributed by atoms with Gasteiger partial charge in [0.15, 0.2) is 11.5 Å². The number of aryl methyl sites for hydroxylation is 1. The minimum Gasteiger partial charge on any atom is -0.493 e. The molecule has 188 valence electrons. The van der Waals surface area contributed by atoms with Gasteiger partial charge >= 0.3 is 0 Å². The summed E-state index contributed by atoms with van der Waals surface area (Å²) in [6, 6.07) is 18.2. The molecule has 10 nitrogen and oxygen atoms in total. The molecule has 3 aromatic carbocycles. The molecule has 0 aliphatic rings. The Bertz CT molecular complexity index is 1620. The maximum absolute atomic E-state index is 13.1. The van der Waals surface area contributed by atoms with Gasteiger partial charge in [-0.05, 0) is 31.2 Å². The van der Waals surface area contributed by atoms with Crippen molar-refractivity contribution in [3.63, 3.8) is 0 Å². The highest BCUT2D eigenvalue weighted by molar-refractivity contribution is 5.77. The number of methoxy groups -OCH3 is 3. The molecule has 2 aromatic heterocycles. The van der Waals surface area contributed by atoms with Gasteiger partial charge < -0.3 is 18.9 Å². The molecule has 0 radical (unpaired) electrons. The van der Waals surface area contributed by atoms with Gasteiger partial charge in [0.25, 0.3) is 5.56 Å². The van der Waals surface area contributed by atoms with Crippen molar-refractivity contribution < 1.29 is 18.9 Å². The van der Waals surface area contributed by atoms with Crippen molar-refractivity contribution in [1.29, 1.82) is 0 Å². The molecule has 10 heteroatoms. The molecule has 2 heterocycles. The van der Waals surface area contributed by atoms with Crippen LogP contribution >= 0.6 is 0 Å². The first-order valence-corrected chi connectivity index (χ1v) is 11.5. The molecule has 0 fully saturated rings. The van der Waals surface area contributed by atoms with Gasteiger partial charge in [-0.1, -0.05) is 23.4 Å². The molecule has 0 aliphatic heterocycles. The standard InChI is InChI=1S/C27H25N5O5/c1-17-28-23-11-6-5-10-22(23)27(33)32(17)19-8-7-9-21(12-19)37-16-18-15-31(30-29-18)20-13-24(34-2)26(36-4)25(14-20)35-3/h5-15H,16H2,1-4H3. The minimum absolute atomic E-state index is 0.131. The normalized spacial score (nSPS) is 10.9. The molecule has 5 rings (SSSR count). The number of hydrogen-bond donors (Lipinski definition) is 0. The molecule has 37 heavy (non-hydrogen) atoms. The molecule has 0 unspecified atom stereocenters. The predicted molar refractivity (Wildman–Crippen MR) is 137 cm³/mol. The van der Waals surface area contributed by atoms with Crippen LogP contribution in [0.1, 0.15) is 11.5 Å². The minimum atomic E-state index is -0.131. The van der Waals surface area contributed by atoms with Gasteiger partial charge in [-0.15, -0.1) is 5.10 Å². The maximum atomic E-state index is 13.1. The van der Waals surface area contributed by atoms with Crippen LogP contribution in [0.4, 0.5) is 0 Å². The third-order valence-corrected chi connectivity index (χ3v) is 5.86. The Balaban J connectivity index is 1.38. The van der Waals surface area contributed by atoms with Crippen LogP contribution in [0.25, 0.3) is 22.3 Å². The first kappa shape index (κ1) is 23.9. The van der Waals surface area contributed by atoms with Crippen LogP contribution < -0.4 is 24.5 Å². The number of hydrogen-bond acceptors (Lipinski definition) is 8. The third kappa shape index (κ3) is 4.56. The molecular weight excluding hydrogens is 474 g/mol. The molecule has 0 aliphatic carbocycles. The molecular formula is C27H25N5O5. The maximum Gasteiger partial charge on any atom is 0.265 e. The van der Waals surface area contributed by atoms with E-state index in [-0.39, 0.29) is 12.2 Å². The van der Waals surface area contributed by atoms with E-state index in [4.69, 9.17) is 18.9 Å². The number of fused-ring (bicyclic) bond motifs is 1. The highest BCUT2D eigenvalue weighted by Gasteiger charge is 2.15. The topological polar surface area (TPSA) is 103 Å². The van der Waals surface area contributed by atoms with Gasteiger partial charge in [-0.3, -0.25) is 9.36 Å². The van der Waals surface area contributed by atoms with Crippen LogP contribution in [0.3, 0.4) is 0 Å². The average molecular weight is 500 g/mol. The van der Waals surface area contributed by atoms with Crippen LogP contribution in [-0.4, -0.2) is 45.9 Å². The average Bonchev–Trinajstić information content (AvgIpc) is 3.40. The number of ether oxygens (including phenoxy) is 4. The number of rotatable bonds is 8. The second kappa shape index (κ2) is 10.0. The lowest BCUT2D eigenvalue weighted by molar-refractivity contribution is 0.301. The first-order chi connectivity index (χ1) is 18.0. The summed E-state index contributed by atoms with van der Waals surface area (Å²) in [6.07, 6.45) is 1.76. The van der Waals surface area contributed by atoms with Gasteiger partial charge in [0.1, 0.15) is 23.9 Å². The van der Waals surface area contributed by atoms with E-state index in [1.807, 2.05) is 43.3 Å². The number of aromatic nitrogens is 5. The van der Waals surface area contributed by atoms with E-state index >= 15 is 0 Å². The number of benzene rings is 3. The molecule has 0 spiro atoms. The second-order valence-electron chi connectivity index (χ2n) is 8.14. The van der Waals surface area contributed by atoms with Crippen molar-refractivity contribution in [3.05, 3.63) is 88.7 Å². The predicted octanol–water partition coefficient (Wildman–Crippen LogP) is 3.88. The van der Waals surface area contributed by atoms with E-state index in [0.29, 0.717) is 56.8 Å². The van der Waals surface area contributed by atoms with E-state index in [1.54, 1.807) is 61.0 Å². The van der Waals surface area contributed by atoms with Gasteiger partial charge in [0.2, 0.25) is 5.75 Å². The molecule has 0 saturated carbocycles. The van der Waals surface area contributed by atoms with Crippen LogP contribution in [0.5, 0.6) is 23.0 Å². The lowest BCUT2D eigenvalue weighted by Gasteiger charge is -2.13. The summed E-state index contributed by atoms with van der Waals surface area (Å²) < 4.78 is 25.4. The van der Waals surface area contributed by atoms with Gasteiger partial charge in [0, 0.05) is 18.2 Å². The molecule has 0 amide bonds. The largest absolute Gasteiger partial charge is 0.493 e. The zero-order valence-corrected chi connectivity index (χ0v) is 20.8. The van der Waals surface area contributed by atoms with Crippen molar-refractivity contribution in [2.75, 3.05) is 21.3 Å². The van der Waals surface area contributed by atoms with E-state index in [1.165, 1.54) is 0 Å². The van der Waals surface area contributed by atoms with Crippen molar-refractivity contribution in [1.82, 2.24) is 24.5 Å². The number of nitrogens with zero attached hydrogens (tertiary/aromatic N) is 5. The molecule has 0 atom stereocenters. The molecule has 5 aromatic rings. The zero-order chi connectivity index (χ0) is 25.9. The molecule has 0 saturated heterocycles. The van der Waals surface area contributed by atoms with Crippen LogP contribution in [0, 0.1) is 6.92 Å². The summed E-state index contributed by atoms with van der Waals surface area (Å²) >= 11 is 0. The van der Waals surface area contributed by atoms with Gasteiger partial charge in [0.05, 0.1) is 49.8 Å². The summed E-state index contributed by atoms with van der Waals surface area (Å²) in [5.74, 6) is 2.69. The summed E-state index contributed by atoms with van der Waals surface area (Å²) in [5, 5.41) is 8.98. The Hall–Kier alpha value is -4.86. The molecule has 0 bridgehead atoms. The lowest BCUT2D eigenvalue weighted by atomic mass is 10.2. The smallest absolute Gasteiger partial charge is 0.265 e. The Morgan fingerprint density at radius 3 is 2.35 bits per heavy atom. The Labute approximate surface area is 212 Å². The second-order valence-corrected chi connectivity index (χ2v) is 8.14. The van der Waals surface area contributed by atoms with E-state index in [2.05, 4.69) is 15.3 Å². The van der Waals surface area contributed by atoms with Gasteiger partial charge in [-0.2, -0.15) is 0 Å². The molecule has 0 N–H and O–H groups in total. The zero-order valence-electron chi connectivity index (χ0n) is 20.8. The van der Waals surface area contributed by atoms with Crippen molar-refractivity contribution in [2.45, 2.75) is 13.5 Å². The fraction of sp³-hybridized carbons (Fsp3) is 0.185. The van der Waals surface area contributed by atoms with Crippen LogP contribution in [0.15, 0.2) is 71.7 Å². The summed E-state index contributed by atoms with van der Waals surface area (Å²) in [5.41, 5.74) is 2.51. The van der Waals surface area contributed by atoms with Crippen molar-refractivity contribution in [2.24, 2.45) is 0 Å². The monoisotopic (exact) mass is 499 g/mol. The van der Waals surface area contributed by atoms with Crippen LogP contribution in [0.2, 0.25) is 0 Å². The van der Waals surface area contributed by atoms with Crippen molar-refractivity contribution >= 4 is 10.9 Å². The Morgan fingerprint density at radius 1 is 0.865 bits per heavy atom. The highest BCUT2D eigenvalue weighted by atomic mass is 16.5. The Morgan fingerprint density at radius 2 is 1.62 bits per heavy atom.